The van der Waals surface area contributed by atoms with E-state index in [4.69, 9.17) is 9.84 Å². The lowest BCUT2D eigenvalue weighted by Gasteiger charge is -2.23. The van der Waals surface area contributed by atoms with Gasteiger partial charge in [0.25, 0.3) is 0 Å². The molecule has 7 heteroatoms. The van der Waals surface area contributed by atoms with E-state index < -0.39 is 47.8 Å². The van der Waals surface area contributed by atoms with Gasteiger partial charge in [0.2, 0.25) is 0 Å². The Balaban J connectivity index is 2.05. The minimum atomic E-state index is -3.25. The molecule has 0 amide bonds. The summed E-state index contributed by atoms with van der Waals surface area (Å²) in [5, 5.41) is 29.2. The Bertz CT molecular complexity index is 691. The topological polar surface area (TPSA) is 87.0 Å². The second kappa shape index (κ2) is 10.2. The van der Waals surface area contributed by atoms with Gasteiger partial charge in [-0.3, -0.25) is 4.79 Å². The minimum Gasteiger partial charge on any atom is -0.488 e. The largest absolute Gasteiger partial charge is 0.488 e. The molecule has 1 heterocycles. The zero-order valence-corrected chi connectivity index (χ0v) is 16.9. The number of fused-ring (bicyclic) bond motifs is 1. The van der Waals surface area contributed by atoms with Gasteiger partial charge in [0.15, 0.2) is 5.76 Å². The molecule has 2 aliphatic rings. The Morgan fingerprint density at radius 3 is 2.79 bits per heavy atom. The van der Waals surface area contributed by atoms with Crippen LogP contribution in [-0.2, 0) is 9.53 Å². The first-order valence-corrected chi connectivity index (χ1v) is 10.2. The molecule has 2 rings (SSSR count). The maximum Gasteiger partial charge on any atom is 0.310 e. The van der Waals surface area contributed by atoms with Crippen molar-refractivity contribution in [1.29, 1.82) is 0 Å². The van der Waals surface area contributed by atoms with Crippen LogP contribution in [0.3, 0.4) is 0 Å². The number of aliphatic carboxylic acids is 1. The Kier molecular flexibility index (Phi) is 8.23. The summed E-state index contributed by atoms with van der Waals surface area (Å²) in [6.45, 7) is 3.77. The normalized spacial score (nSPS) is 31.2. The predicted octanol–water partition coefficient (Wildman–Crippen LogP) is 3.51. The van der Waals surface area contributed by atoms with Gasteiger partial charge in [-0.25, -0.2) is 0 Å². The van der Waals surface area contributed by atoms with Crippen molar-refractivity contribution >= 4 is 5.97 Å². The zero-order valence-electron chi connectivity index (χ0n) is 16.9. The number of halogens is 2. The lowest BCUT2D eigenvalue weighted by atomic mass is 9.87. The Hall–Kier alpha value is -1.91. The van der Waals surface area contributed by atoms with Gasteiger partial charge in [-0.2, -0.15) is 8.78 Å². The number of unbranched alkanes of at least 4 members (excludes halogenated alkanes) is 1. The number of alkyl halides is 2. The lowest BCUT2D eigenvalue weighted by Crippen LogP contribution is -2.33. The van der Waals surface area contributed by atoms with E-state index in [0.717, 1.165) is 6.42 Å². The fraction of sp³-hybridized carbons (Fsp3) is 0.682. The molecule has 29 heavy (non-hydrogen) atoms. The van der Waals surface area contributed by atoms with E-state index in [9.17, 15) is 23.8 Å². The number of rotatable bonds is 8. The number of ether oxygens (including phenoxy) is 1. The van der Waals surface area contributed by atoms with Crippen LogP contribution in [0.25, 0.3) is 0 Å². The van der Waals surface area contributed by atoms with Gasteiger partial charge in [0, 0.05) is 31.6 Å². The van der Waals surface area contributed by atoms with Crippen LogP contribution in [0.1, 0.15) is 52.4 Å². The van der Waals surface area contributed by atoms with E-state index in [-0.39, 0.29) is 31.6 Å². The van der Waals surface area contributed by atoms with Crippen LogP contribution in [0.5, 0.6) is 0 Å². The first-order valence-electron chi connectivity index (χ1n) is 10.2. The number of aliphatic hydroxyl groups is 2. The molecule has 5 nitrogen and oxygen atoms in total. The highest BCUT2D eigenvalue weighted by Gasteiger charge is 2.63. The van der Waals surface area contributed by atoms with Crippen molar-refractivity contribution in [3.63, 3.8) is 0 Å². The lowest BCUT2D eigenvalue weighted by molar-refractivity contribution is -0.137. The van der Waals surface area contributed by atoms with Gasteiger partial charge in [-0.05, 0) is 24.8 Å². The van der Waals surface area contributed by atoms with Crippen molar-refractivity contribution in [2.75, 3.05) is 0 Å². The summed E-state index contributed by atoms with van der Waals surface area (Å²) in [6, 6.07) is 0. The van der Waals surface area contributed by atoms with Crippen molar-refractivity contribution < 1.29 is 33.6 Å². The molecule has 162 valence electrons. The smallest absolute Gasteiger partial charge is 0.310 e. The van der Waals surface area contributed by atoms with Crippen molar-refractivity contribution in [2.24, 2.45) is 17.8 Å². The van der Waals surface area contributed by atoms with Gasteiger partial charge < -0.3 is 20.1 Å². The molecule has 1 aliphatic heterocycles. The third-order valence-corrected chi connectivity index (χ3v) is 5.52. The fourth-order valence-corrected chi connectivity index (χ4v) is 3.86. The summed E-state index contributed by atoms with van der Waals surface area (Å²) < 4.78 is 35.3. The summed E-state index contributed by atoms with van der Waals surface area (Å²) in [4.78, 5) is 10.5. The number of aliphatic hydroxyl groups excluding tert-OH is 2. The van der Waals surface area contributed by atoms with Gasteiger partial charge in [0.1, 0.15) is 6.10 Å². The highest BCUT2D eigenvalue weighted by Crippen LogP contribution is 2.54. The van der Waals surface area contributed by atoms with E-state index in [1.807, 2.05) is 13.8 Å². The first kappa shape index (κ1) is 23.4. The minimum absolute atomic E-state index is 0.0923. The molecule has 2 fully saturated rings. The molecule has 6 atom stereocenters. The second-order valence-electron chi connectivity index (χ2n) is 7.80. The molecule has 1 saturated carbocycles. The van der Waals surface area contributed by atoms with E-state index >= 15 is 0 Å². The second-order valence-corrected chi connectivity index (χ2v) is 7.80. The number of allylic oxidation sites excluding steroid dienone is 2. The third-order valence-electron chi connectivity index (χ3n) is 5.52. The van der Waals surface area contributed by atoms with Gasteiger partial charge >= 0.3 is 11.9 Å². The van der Waals surface area contributed by atoms with Gasteiger partial charge in [-0.1, -0.05) is 26.0 Å². The van der Waals surface area contributed by atoms with Gasteiger partial charge in [0.05, 0.1) is 18.1 Å². The van der Waals surface area contributed by atoms with Crippen LogP contribution in [0.2, 0.25) is 0 Å². The molecule has 0 bridgehead atoms. The third kappa shape index (κ3) is 5.80. The molecular formula is C22H30F2O5. The molecule has 3 N–H and O–H groups in total. The van der Waals surface area contributed by atoms with Crippen molar-refractivity contribution in [3.05, 3.63) is 24.0 Å². The molecular weight excluding hydrogens is 382 g/mol. The van der Waals surface area contributed by atoms with Crippen LogP contribution >= 0.6 is 0 Å². The maximum atomic E-state index is 14.9. The van der Waals surface area contributed by atoms with Crippen molar-refractivity contribution in [2.45, 2.75) is 76.6 Å². The molecule has 0 spiro atoms. The molecule has 0 radical (unpaired) electrons. The summed E-state index contributed by atoms with van der Waals surface area (Å²) in [6.07, 6.45) is 3.28. The van der Waals surface area contributed by atoms with Crippen LogP contribution in [0, 0.1) is 29.6 Å². The Labute approximate surface area is 170 Å². The standard InChI is InChI=1S/C22H30F2O5/c1-3-4-5-8-14(2)16(25)12-11-15-17(26)13-18-21(15)22(23,24)19(29-18)9-6-7-10-20(27)28/h9,11-12,14-18,21,25-26H,3,6-8,10,13H2,1-2H3,(H,27,28)/b12-11+,19-9?/t14-,15-,16+,17+,18-,21+/m0/s1. The Morgan fingerprint density at radius 1 is 1.41 bits per heavy atom. The number of carboxylic acids is 1. The highest BCUT2D eigenvalue weighted by atomic mass is 19.3. The number of carbonyl (C=O) groups is 1. The van der Waals surface area contributed by atoms with Gasteiger partial charge in [-0.15, -0.1) is 11.8 Å². The Morgan fingerprint density at radius 2 is 2.14 bits per heavy atom. The summed E-state index contributed by atoms with van der Waals surface area (Å²) in [7, 11) is 0. The average Bonchev–Trinajstić information content (AvgIpc) is 3.09. The predicted molar refractivity (Wildman–Crippen MR) is 104 cm³/mol. The number of hydrogen-bond donors (Lipinski definition) is 3. The average molecular weight is 412 g/mol. The summed E-state index contributed by atoms with van der Waals surface area (Å²) in [5.74, 6) is -0.947. The van der Waals surface area contributed by atoms with E-state index in [2.05, 4.69) is 11.8 Å². The highest BCUT2D eigenvalue weighted by molar-refractivity contribution is 5.66. The molecule has 1 saturated heterocycles. The summed E-state index contributed by atoms with van der Waals surface area (Å²) in [5.41, 5.74) is 0. The summed E-state index contributed by atoms with van der Waals surface area (Å²) >= 11 is 0. The van der Waals surface area contributed by atoms with E-state index in [1.54, 1.807) is 0 Å². The van der Waals surface area contributed by atoms with Crippen LogP contribution in [0.4, 0.5) is 8.78 Å². The van der Waals surface area contributed by atoms with Crippen molar-refractivity contribution in [3.8, 4) is 11.8 Å². The SMILES string of the molecule is CCC#CC[C@H](C)[C@H](O)/C=C/[C@@H]1[C@@H]2[C@H](C[C@H]1O)OC(=CCCCC(=O)O)C2(F)F. The van der Waals surface area contributed by atoms with E-state index in [1.165, 1.54) is 18.2 Å². The molecule has 0 unspecified atom stereocenters. The monoisotopic (exact) mass is 412 g/mol. The molecule has 0 aromatic heterocycles. The first-order chi connectivity index (χ1) is 13.7. The maximum absolute atomic E-state index is 14.9. The van der Waals surface area contributed by atoms with E-state index in [0.29, 0.717) is 6.42 Å². The molecule has 0 aromatic rings. The van der Waals surface area contributed by atoms with Crippen LogP contribution in [-0.4, -0.2) is 45.5 Å². The van der Waals surface area contributed by atoms with Crippen molar-refractivity contribution in [1.82, 2.24) is 0 Å². The molecule has 0 aromatic carbocycles. The zero-order chi connectivity index (χ0) is 21.6. The number of carboxylic acid groups (broad SMARTS) is 1. The molecule has 1 aliphatic carbocycles. The fourth-order valence-electron chi connectivity index (χ4n) is 3.86. The quantitative estimate of drug-likeness (QED) is 0.323. The number of hydrogen-bond acceptors (Lipinski definition) is 4. The van der Waals surface area contributed by atoms with Crippen LogP contribution in [0.15, 0.2) is 24.0 Å². The van der Waals surface area contributed by atoms with Crippen LogP contribution < -0.4 is 0 Å².